The molecule has 3 nitrogen and oxygen atoms in total. The number of aromatic nitrogens is 1. The average Bonchev–Trinajstić information content (AvgIpc) is 2.52. The van der Waals surface area contributed by atoms with Crippen LogP contribution in [0.15, 0.2) is 52.0 Å². The van der Waals surface area contributed by atoms with Crippen LogP contribution in [0.1, 0.15) is 11.3 Å². The summed E-state index contributed by atoms with van der Waals surface area (Å²) in [5.41, 5.74) is 2.38. The number of nitrogens with zero attached hydrogens (tertiary/aromatic N) is 1. The molecule has 0 saturated carbocycles. The molecule has 0 amide bonds. The number of rotatable bonds is 8. The molecule has 112 valence electrons. The summed E-state index contributed by atoms with van der Waals surface area (Å²) in [6, 6.07) is 12.7. The maximum Gasteiger partial charge on any atom is 0.0587 e. The summed E-state index contributed by atoms with van der Waals surface area (Å²) in [6.07, 6.45) is 1.84. The molecule has 21 heavy (non-hydrogen) atoms. The Morgan fingerprint density at radius 3 is 2.95 bits per heavy atom. The van der Waals surface area contributed by atoms with E-state index in [1.54, 1.807) is 18.9 Å². The molecule has 0 aliphatic carbocycles. The number of nitrogens with one attached hydrogen (secondary N) is 1. The normalized spacial score (nSPS) is 10.8. The van der Waals surface area contributed by atoms with Crippen LogP contribution >= 0.6 is 27.7 Å². The van der Waals surface area contributed by atoms with E-state index in [0.29, 0.717) is 0 Å². The van der Waals surface area contributed by atoms with Crippen molar-refractivity contribution in [3.63, 3.8) is 0 Å². The SMILES string of the molecule is COCCNCc1cccc(SCc2ccc(Br)cn2)c1. The van der Waals surface area contributed by atoms with Gasteiger partial charge in [-0.05, 0) is 45.8 Å². The average molecular weight is 367 g/mol. The lowest BCUT2D eigenvalue weighted by Gasteiger charge is -2.07. The van der Waals surface area contributed by atoms with Gasteiger partial charge in [0, 0.05) is 41.5 Å². The molecule has 0 spiro atoms. The van der Waals surface area contributed by atoms with Crippen molar-refractivity contribution < 1.29 is 4.74 Å². The number of hydrogen-bond donors (Lipinski definition) is 1. The molecule has 0 fully saturated rings. The molecule has 5 heteroatoms. The minimum atomic E-state index is 0.740. The number of hydrogen-bond acceptors (Lipinski definition) is 4. The van der Waals surface area contributed by atoms with Crippen LogP contribution < -0.4 is 5.32 Å². The molecule has 0 unspecified atom stereocenters. The molecule has 2 rings (SSSR count). The first-order chi connectivity index (χ1) is 10.3. The Balaban J connectivity index is 1.84. The second-order valence-corrected chi connectivity index (χ2v) is 6.54. The maximum atomic E-state index is 5.02. The van der Waals surface area contributed by atoms with Gasteiger partial charge >= 0.3 is 0 Å². The van der Waals surface area contributed by atoms with Gasteiger partial charge in [-0.1, -0.05) is 12.1 Å². The summed E-state index contributed by atoms with van der Waals surface area (Å²) >= 11 is 5.21. The summed E-state index contributed by atoms with van der Waals surface area (Å²) < 4.78 is 6.04. The van der Waals surface area contributed by atoms with Crippen molar-refractivity contribution in [1.82, 2.24) is 10.3 Å². The van der Waals surface area contributed by atoms with Crippen LogP contribution in [0.5, 0.6) is 0 Å². The molecule has 1 N–H and O–H groups in total. The standard InChI is InChI=1S/C16H19BrN2OS/c1-20-8-7-18-10-13-3-2-4-16(9-13)21-12-15-6-5-14(17)11-19-15/h2-6,9,11,18H,7-8,10,12H2,1H3. The topological polar surface area (TPSA) is 34.1 Å². The van der Waals surface area contributed by atoms with Crippen molar-refractivity contribution in [2.24, 2.45) is 0 Å². The maximum absolute atomic E-state index is 5.02. The van der Waals surface area contributed by atoms with Crippen molar-refractivity contribution in [2.45, 2.75) is 17.2 Å². The van der Waals surface area contributed by atoms with Crippen molar-refractivity contribution in [1.29, 1.82) is 0 Å². The summed E-state index contributed by atoms with van der Waals surface area (Å²) in [5, 5.41) is 3.36. The van der Waals surface area contributed by atoms with Crippen LogP contribution in [0, 0.1) is 0 Å². The van der Waals surface area contributed by atoms with Gasteiger partial charge in [-0.15, -0.1) is 11.8 Å². The van der Waals surface area contributed by atoms with Crippen LogP contribution in [-0.2, 0) is 17.0 Å². The Hall–Kier alpha value is -0.880. The number of thioether (sulfide) groups is 1. The van der Waals surface area contributed by atoms with Gasteiger partial charge in [-0.3, -0.25) is 4.98 Å². The van der Waals surface area contributed by atoms with E-state index in [1.165, 1.54) is 10.5 Å². The van der Waals surface area contributed by atoms with Crippen LogP contribution in [0.2, 0.25) is 0 Å². The van der Waals surface area contributed by atoms with E-state index in [9.17, 15) is 0 Å². The molecule has 0 radical (unpaired) electrons. The number of halogens is 1. The van der Waals surface area contributed by atoms with E-state index < -0.39 is 0 Å². The number of ether oxygens (including phenoxy) is 1. The highest BCUT2D eigenvalue weighted by atomic mass is 79.9. The van der Waals surface area contributed by atoms with E-state index in [1.807, 2.05) is 18.3 Å². The Labute approximate surface area is 138 Å². The highest BCUT2D eigenvalue weighted by Gasteiger charge is 2.00. The van der Waals surface area contributed by atoms with Gasteiger partial charge in [0.2, 0.25) is 0 Å². The third-order valence-electron chi connectivity index (χ3n) is 2.89. The first kappa shape index (κ1) is 16.5. The second kappa shape index (κ2) is 9.20. The quantitative estimate of drug-likeness (QED) is 0.567. The second-order valence-electron chi connectivity index (χ2n) is 4.57. The Morgan fingerprint density at radius 1 is 1.29 bits per heavy atom. The lowest BCUT2D eigenvalue weighted by Crippen LogP contribution is -2.18. The molecule has 0 aliphatic rings. The first-order valence-corrected chi connectivity index (χ1v) is 8.57. The smallest absolute Gasteiger partial charge is 0.0587 e. The predicted molar refractivity (Wildman–Crippen MR) is 91.5 cm³/mol. The highest BCUT2D eigenvalue weighted by Crippen LogP contribution is 2.23. The van der Waals surface area contributed by atoms with Crippen molar-refractivity contribution in [3.8, 4) is 0 Å². The fraction of sp³-hybridized carbons (Fsp3) is 0.312. The van der Waals surface area contributed by atoms with E-state index in [4.69, 9.17) is 4.74 Å². The summed E-state index contributed by atoms with van der Waals surface area (Å²) in [6.45, 7) is 2.48. The first-order valence-electron chi connectivity index (χ1n) is 6.80. The Morgan fingerprint density at radius 2 is 2.19 bits per heavy atom. The molecule has 0 saturated heterocycles. The van der Waals surface area contributed by atoms with E-state index in [2.05, 4.69) is 50.5 Å². The van der Waals surface area contributed by atoms with Crippen LogP contribution in [0.3, 0.4) is 0 Å². The fourth-order valence-electron chi connectivity index (χ4n) is 1.80. The monoisotopic (exact) mass is 366 g/mol. The van der Waals surface area contributed by atoms with Gasteiger partial charge in [0.15, 0.2) is 0 Å². The van der Waals surface area contributed by atoms with E-state index in [-0.39, 0.29) is 0 Å². The zero-order valence-corrected chi connectivity index (χ0v) is 14.4. The van der Waals surface area contributed by atoms with Gasteiger partial charge in [-0.25, -0.2) is 0 Å². The minimum Gasteiger partial charge on any atom is -0.383 e. The van der Waals surface area contributed by atoms with Gasteiger partial charge in [-0.2, -0.15) is 0 Å². The minimum absolute atomic E-state index is 0.740. The summed E-state index contributed by atoms with van der Waals surface area (Å²) in [4.78, 5) is 5.66. The molecule has 1 aromatic carbocycles. The molecule has 1 aromatic heterocycles. The van der Waals surface area contributed by atoms with Crippen LogP contribution in [0.25, 0.3) is 0 Å². The van der Waals surface area contributed by atoms with Crippen molar-refractivity contribution >= 4 is 27.7 Å². The summed E-state index contributed by atoms with van der Waals surface area (Å²) in [7, 11) is 1.72. The Bertz CT molecular complexity index is 548. The number of methoxy groups -OCH3 is 1. The van der Waals surface area contributed by atoms with Gasteiger partial charge in [0.1, 0.15) is 0 Å². The molecule has 2 aromatic rings. The third kappa shape index (κ3) is 6.18. The third-order valence-corrected chi connectivity index (χ3v) is 4.38. The lowest BCUT2D eigenvalue weighted by molar-refractivity contribution is 0.199. The van der Waals surface area contributed by atoms with Gasteiger partial charge in [0.25, 0.3) is 0 Å². The van der Waals surface area contributed by atoms with Crippen LogP contribution in [0.4, 0.5) is 0 Å². The fourth-order valence-corrected chi connectivity index (χ4v) is 2.93. The largest absolute Gasteiger partial charge is 0.383 e. The van der Waals surface area contributed by atoms with E-state index in [0.717, 1.165) is 35.6 Å². The predicted octanol–water partition coefficient (Wildman–Crippen LogP) is 3.87. The van der Waals surface area contributed by atoms with Gasteiger partial charge in [0.05, 0.1) is 12.3 Å². The molecular weight excluding hydrogens is 348 g/mol. The molecular formula is C16H19BrN2OS. The zero-order valence-electron chi connectivity index (χ0n) is 12.0. The number of benzene rings is 1. The van der Waals surface area contributed by atoms with Crippen LogP contribution in [-0.4, -0.2) is 25.2 Å². The molecule has 0 bridgehead atoms. The summed E-state index contributed by atoms with van der Waals surface area (Å²) in [5.74, 6) is 0.883. The van der Waals surface area contributed by atoms with E-state index >= 15 is 0 Å². The van der Waals surface area contributed by atoms with Crippen molar-refractivity contribution in [2.75, 3.05) is 20.3 Å². The zero-order chi connectivity index (χ0) is 14.9. The molecule has 1 heterocycles. The lowest BCUT2D eigenvalue weighted by atomic mass is 10.2. The molecule has 0 aliphatic heterocycles. The Kier molecular flexibility index (Phi) is 7.23. The number of pyridine rings is 1. The molecule has 0 atom stereocenters. The van der Waals surface area contributed by atoms with Crippen molar-refractivity contribution in [3.05, 3.63) is 58.3 Å². The highest BCUT2D eigenvalue weighted by molar-refractivity contribution is 9.10. The van der Waals surface area contributed by atoms with Gasteiger partial charge < -0.3 is 10.1 Å².